The fraction of sp³-hybridized carbons (Fsp3) is 0.500. The molecule has 19 heavy (non-hydrogen) atoms. The average Bonchev–Trinajstić information content (AvgIpc) is 2.38. The number of hydrogen-bond acceptors (Lipinski definition) is 4. The van der Waals surface area contributed by atoms with Gasteiger partial charge in [0.2, 0.25) is 0 Å². The predicted octanol–water partition coefficient (Wildman–Crippen LogP) is 1.50. The van der Waals surface area contributed by atoms with Gasteiger partial charge in [-0.3, -0.25) is 4.90 Å². The highest BCUT2D eigenvalue weighted by atomic mass is 16.4. The maximum absolute atomic E-state index is 11.1. The van der Waals surface area contributed by atoms with Gasteiger partial charge < -0.3 is 15.7 Å². The van der Waals surface area contributed by atoms with E-state index in [-0.39, 0.29) is 5.56 Å². The average molecular weight is 263 g/mol. The maximum atomic E-state index is 11.1. The fourth-order valence-electron chi connectivity index (χ4n) is 2.49. The SMILES string of the molecule is CC(C)N1CCN(c2cccc(C(=O)O)c2N)CC1. The largest absolute Gasteiger partial charge is 0.478 e. The summed E-state index contributed by atoms with van der Waals surface area (Å²) in [4.78, 5) is 15.7. The van der Waals surface area contributed by atoms with Crippen LogP contribution in [0.4, 0.5) is 11.4 Å². The van der Waals surface area contributed by atoms with Crippen LogP contribution >= 0.6 is 0 Å². The van der Waals surface area contributed by atoms with E-state index in [2.05, 4.69) is 23.6 Å². The number of nitrogen functional groups attached to an aromatic ring is 1. The van der Waals surface area contributed by atoms with Gasteiger partial charge in [-0.2, -0.15) is 0 Å². The molecule has 1 saturated heterocycles. The number of piperazine rings is 1. The molecule has 104 valence electrons. The van der Waals surface area contributed by atoms with Crippen LogP contribution in [0.25, 0.3) is 0 Å². The Morgan fingerprint density at radius 3 is 2.42 bits per heavy atom. The third-order valence-corrected chi connectivity index (χ3v) is 3.70. The van der Waals surface area contributed by atoms with Crippen molar-refractivity contribution in [2.75, 3.05) is 36.8 Å². The first kappa shape index (κ1) is 13.7. The summed E-state index contributed by atoms with van der Waals surface area (Å²) in [5.41, 5.74) is 7.36. The zero-order chi connectivity index (χ0) is 14.0. The standard InChI is InChI=1S/C14H21N3O2/c1-10(2)16-6-8-17(9-7-16)12-5-3-4-11(13(12)15)14(18)19/h3-5,10H,6-9,15H2,1-2H3,(H,18,19). The van der Waals surface area contributed by atoms with E-state index in [0.717, 1.165) is 31.9 Å². The van der Waals surface area contributed by atoms with Crippen molar-refractivity contribution >= 4 is 17.3 Å². The van der Waals surface area contributed by atoms with Crippen LogP contribution in [0, 0.1) is 0 Å². The lowest BCUT2D eigenvalue weighted by molar-refractivity contribution is 0.0698. The highest BCUT2D eigenvalue weighted by Gasteiger charge is 2.21. The molecule has 1 aromatic carbocycles. The molecule has 3 N–H and O–H groups in total. The minimum absolute atomic E-state index is 0.184. The van der Waals surface area contributed by atoms with Crippen molar-refractivity contribution < 1.29 is 9.90 Å². The Morgan fingerprint density at radius 2 is 1.89 bits per heavy atom. The van der Waals surface area contributed by atoms with Crippen LogP contribution in [0.15, 0.2) is 18.2 Å². The smallest absolute Gasteiger partial charge is 0.337 e. The van der Waals surface area contributed by atoms with Gasteiger partial charge >= 0.3 is 5.97 Å². The van der Waals surface area contributed by atoms with Gasteiger partial charge in [0.25, 0.3) is 0 Å². The summed E-state index contributed by atoms with van der Waals surface area (Å²) in [6, 6.07) is 5.74. The van der Waals surface area contributed by atoms with Crippen LogP contribution in [0.3, 0.4) is 0 Å². The Kier molecular flexibility index (Phi) is 3.95. The summed E-state index contributed by atoms with van der Waals surface area (Å²) in [6.07, 6.45) is 0. The number of carboxylic acid groups (broad SMARTS) is 1. The number of aromatic carboxylic acids is 1. The van der Waals surface area contributed by atoms with Crippen molar-refractivity contribution in [3.8, 4) is 0 Å². The van der Waals surface area contributed by atoms with Gasteiger partial charge in [0.05, 0.1) is 16.9 Å². The highest BCUT2D eigenvalue weighted by Crippen LogP contribution is 2.27. The first-order valence-corrected chi connectivity index (χ1v) is 6.61. The number of anilines is 2. The van der Waals surface area contributed by atoms with Crippen molar-refractivity contribution in [1.29, 1.82) is 0 Å². The van der Waals surface area contributed by atoms with Gasteiger partial charge in [-0.1, -0.05) is 6.07 Å². The molecule has 5 nitrogen and oxygen atoms in total. The molecule has 1 aliphatic rings. The fourth-order valence-corrected chi connectivity index (χ4v) is 2.49. The topological polar surface area (TPSA) is 69.8 Å². The Bertz CT molecular complexity index is 466. The van der Waals surface area contributed by atoms with Gasteiger partial charge in [0.1, 0.15) is 0 Å². The van der Waals surface area contributed by atoms with Crippen LogP contribution < -0.4 is 10.6 Å². The van der Waals surface area contributed by atoms with E-state index in [1.54, 1.807) is 12.1 Å². The Hall–Kier alpha value is -1.75. The second-order valence-electron chi connectivity index (χ2n) is 5.16. The molecule has 5 heteroatoms. The molecule has 0 aliphatic carbocycles. The van der Waals surface area contributed by atoms with Gasteiger partial charge in [0.15, 0.2) is 0 Å². The quantitative estimate of drug-likeness (QED) is 0.809. The van der Waals surface area contributed by atoms with Crippen LogP contribution in [0.2, 0.25) is 0 Å². The molecule has 0 bridgehead atoms. The minimum Gasteiger partial charge on any atom is -0.478 e. The van der Waals surface area contributed by atoms with Crippen LogP contribution in [-0.4, -0.2) is 48.2 Å². The zero-order valence-corrected chi connectivity index (χ0v) is 11.5. The summed E-state index contributed by atoms with van der Waals surface area (Å²) in [5, 5.41) is 9.10. The molecular weight excluding hydrogens is 242 g/mol. The predicted molar refractivity (Wildman–Crippen MR) is 76.7 cm³/mol. The molecule has 1 heterocycles. The third-order valence-electron chi connectivity index (χ3n) is 3.70. The molecule has 0 spiro atoms. The van der Waals surface area contributed by atoms with Crippen molar-refractivity contribution in [3.05, 3.63) is 23.8 Å². The number of nitrogens with two attached hydrogens (primary N) is 1. The van der Waals surface area contributed by atoms with Crippen molar-refractivity contribution in [2.24, 2.45) is 0 Å². The Morgan fingerprint density at radius 1 is 1.26 bits per heavy atom. The molecular formula is C14H21N3O2. The summed E-state index contributed by atoms with van der Waals surface area (Å²) in [6.45, 7) is 8.10. The third kappa shape index (κ3) is 2.81. The number of rotatable bonds is 3. The van der Waals surface area contributed by atoms with Gasteiger partial charge in [-0.05, 0) is 26.0 Å². The summed E-state index contributed by atoms with van der Waals surface area (Å²) < 4.78 is 0. The van der Waals surface area contributed by atoms with E-state index in [1.165, 1.54) is 0 Å². The highest BCUT2D eigenvalue weighted by molar-refractivity contribution is 5.97. The molecule has 2 rings (SSSR count). The summed E-state index contributed by atoms with van der Waals surface area (Å²) in [5.74, 6) is -0.972. The lowest BCUT2D eigenvalue weighted by Crippen LogP contribution is -2.49. The van der Waals surface area contributed by atoms with Crippen molar-refractivity contribution in [3.63, 3.8) is 0 Å². The molecule has 1 aromatic rings. The van der Waals surface area contributed by atoms with E-state index >= 15 is 0 Å². The summed E-state index contributed by atoms with van der Waals surface area (Å²) >= 11 is 0. The Balaban J connectivity index is 2.16. The second-order valence-corrected chi connectivity index (χ2v) is 5.16. The van der Waals surface area contributed by atoms with Crippen molar-refractivity contribution in [2.45, 2.75) is 19.9 Å². The molecule has 0 radical (unpaired) electrons. The lowest BCUT2D eigenvalue weighted by Gasteiger charge is -2.38. The van der Waals surface area contributed by atoms with E-state index in [1.807, 2.05) is 6.07 Å². The van der Waals surface area contributed by atoms with Gasteiger partial charge in [0, 0.05) is 32.2 Å². The minimum atomic E-state index is -0.972. The number of hydrogen-bond donors (Lipinski definition) is 2. The summed E-state index contributed by atoms with van der Waals surface area (Å²) in [7, 11) is 0. The molecule has 0 atom stereocenters. The number of para-hydroxylation sites is 1. The monoisotopic (exact) mass is 263 g/mol. The van der Waals surface area contributed by atoms with E-state index < -0.39 is 5.97 Å². The van der Waals surface area contributed by atoms with Crippen LogP contribution in [0.1, 0.15) is 24.2 Å². The van der Waals surface area contributed by atoms with Gasteiger partial charge in [-0.15, -0.1) is 0 Å². The van der Waals surface area contributed by atoms with E-state index in [0.29, 0.717) is 11.7 Å². The molecule has 0 unspecified atom stereocenters. The first-order chi connectivity index (χ1) is 9.00. The van der Waals surface area contributed by atoms with Crippen LogP contribution in [-0.2, 0) is 0 Å². The molecule has 0 aromatic heterocycles. The lowest BCUT2D eigenvalue weighted by atomic mass is 10.1. The number of nitrogens with zero attached hydrogens (tertiary/aromatic N) is 2. The maximum Gasteiger partial charge on any atom is 0.337 e. The van der Waals surface area contributed by atoms with E-state index in [9.17, 15) is 4.79 Å². The normalized spacial score (nSPS) is 16.9. The second kappa shape index (κ2) is 5.48. The number of carboxylic acids is 1. The molecule has 1 fully saturated rings. The van der Waals surface area contributed by atoms with Crippen LogP contribution in [0.5, 0.6) is 0 Å². The zero-order valence-electron chi connectivity index (χ0n) is 11.5. The molecule has 1 aliphatic heterocycles. The van der Waals surface area contributed by atoms with Crippen molar-refractivity contribution in [1.82, 2.24) is 4.90 Å². The Labute approximate surface area is 113 Å². The first-order valence-electron chi connectivity index (χ1n) is 6.61. The molecule has 0 amide bonds. The van der Waals surface area contributed by atoms with E-state index in [4.69, 9.17) is 10.8 Å². The molecule has 0 saturated carbocycles. The number of carbonyl (C=O) groups is 1. The number of benzene rings is 1. The van der Waals surface area contributed by atoms with Gasteiger partial charge in [-0.25, -0.2) is 4.79 Å².